The van der Waals surface area contributed by atoms with Crippen molar-refractivity contribution < 1.29 is 9.53 Å². The lowest BCUT2D eigenvalue weighted by molar-refractivity contribution is 0.0605. The van der Waals surface area contributed by atoms with Gasteiger partial charge in [0.2, 0.25) is 0 Å². The number of aryl methyl sites for hydroxylation is 2. The molecular formula is C15H21N3O2S. The lowest BCUT2D eigenvalue weighted by Gasteiger charge is -2.21. The Kier molecular flexibility index (Phi) is 4.46. The summed E-state index contributed by atoms with van der Waals surface area (Å²) in [6.45, 7) is 9.04. The van der Waals surface area contributed by atoms with E-state index in [0.29, 0.717) is 16.6 Å². The highest BCUT2D eigenvalue weighted by atomic mass is 32.1. The molecule has 2 aromatic rings. The molecule has 0 N–H and O–H groups in total. The molecule has 0 amide bonds. The first-order valence-corrected chi connectivity index (χ1v) is 7.74. The highest BCUT2D eigenvalue weighted by molar-refractivity contribution is 7.20. The van der Waals surface area contributed by atoms with Crippen molar-refractivity contribution >= 4 is 33.3 Å². The van der Waals surface area contributed by atoms with E-state index in [9.17, 15) is 4.79 Å². The number of nitrogens with zero attached hydrogens (tertiary/aromatic N) is 3. The zero-order valence-corrected chi connectivity index (χ0v) is 14.2. The minimum absolute atomic E-state index is 0.314. The molecule has 0 atom stereocenters. The molecule has 2 heterocycles. The molecule has 0 unspecified atom stereocenters. The van der Waals surface area contributed by atoms with Crippen molar-refractivity contribution in [3.8, 4) is 0 Å². The average Bonchev–Trinajstić information content (AvgIpc) is 2.73. The van der Waals surface area contributed by atoms with Crippen LogP contribution in [0.1, 0.15) is 34.9 Å². The number of methoxy groups -OCH3 is 1. The first-order chi connectivity index (χ1) is 9.85. The van der Waals surface area contributed by atoms with Gasteiger partial charge in [-0.3, -0.25) is 0 Å². The van der Waals surface area contributed by atoms with Gasteiger partial charge in [-0.1, -0.05) is 13.8 Å². The van der Waals surface area contributed by atoms with Gasteiger partial charge in [0, 0.05) is 13.6 Å². The molecule has 0 aromatic carbocycles. The Hall–Kier alpha value is -1.69. The van der Waals surface area contributed by atoms with Crippen LogP contribution in [0.4, 0.5) is 5.82 Å². The van der Waals surface area contributed by atoms with Crippen molar-refractivity contribution in [2.24, 2.45) is 5.92 Å². The SMILES string of the molecule is COC(=O)c1sc2nc(C)nc(N(C)CC(C)C)c2c1C. The Bertz CT molecular complexity index is 679. The van der Waals surface area contributed by atoms with E-state index in [1.165, 1.54) is 18.4 Å². The molecule has 0 radical (unpaired) electrons. The fraction of sp³-hybridized carbons (Fsp3) is 0.533. The van der Waals surface area contributed by atoms with Gasteiger partial charge in [-0.25, -0.2) is 14.8 Å². The van der Waals surface area contributed by atoms with E-state index in [1.54, 1.807) is 0 Å². The van der Waals surface area contributed by atoms with Crippen LogP contribution in [0.25, 0.3) is 10.2 Å². The van der Waals surface area contributed by atoms with E-state index < -0.39 is 0 Å². The van der Waals surface area contributed by atoms with E-state index in [4.69, 9.17) is 4.74 Å². The highest BCUT2D eigenvalue weighted by Crippen LogP contribution is 2.35. The van der Waals surface area contributed by atoms with E-state index in [1.807, 2.05) is 20.9 Å². The Balaban J connectivity index is 2.64. The monoisotopic (exact) mass is 307 g/mol. The number of hydrogen-bond acceptors (Lipinski definition) is 6. The maximum Gasteiger partial charge on any atom is 0.348 e. The van der Waals surface area contributed by atoms with Gasteiger partial charge >= 0.3 is 5.97 Å². The van der Waals surface area contributed by atoms with Gasteiger partial charge in [0.05, 0.1) is 12.5 Å². The second-order valence-corrected chi connectivity index (χ2v) is 6.60. The summed E-state index contributed by atoms with van der Waals surface area (Å²) in [5.74, 6) is 1.81. The summed E-state index contributed by atoms with van der Waals surface area (Å²) >= 11 is 1.37. The maximum atomic E-state index is 11.9. The number of esters is 1. The fourth-order valence-electron chi connectivity index (χ4n) is 2.42. The minimum Gasteiger partial charge on any atom is -0.465 e. The molecule has 0 spiro atoms. The molecule has 0 bridgehead atoms. The average molecular weight is 307 g/mol. The summed E-state index contributed by atoms with van der Waals surface area (Å²) < 4.78 is 4.85. The van der Waals surface area contributed by atoms with E-state index >= 15 is 0 Å². The molecule has 21 heavy (non-hydrogen) atoms. The van der Waals surface area contributed by atoms with Crippen LogP contribution >= 0.6 is 11.3 Å². The topological polar surface area (TPSA) is 55.3 Å². The Morgan fingerprint density at radius 3 is 2.57 bits per heavy atom. The molecule has 0 saturated heterocycles. The molecule has 0 saturated carbocycles. The summed E-state index contributed by atoms with van der Waals surface area (Å²) in [6, 6.07) is 0. The largest absolute Gasteiger partial charge is 0.465 e. The third-order valence-electron chi connectivity index (χ3n) is 3.25. The lowest BCUT2D eigenvalue weighted by atomic mass is 10.1. The number of thiophene rings is 1. The first kappa shape index (κ1) is 15.7. The van der Waals surface area contributed by atoms with Crippen molar-refractivity contribution in [1.82, 2.24) is 9.97 Å². The van der Waals surface area contributed by atoms with Crippen LogP contribution in [-0.2, 0) is 4.74 Å². The van der Waals surface area contributed by atoms with Crippen LogP contribution in [0.3, 0.4) is 0 Å². The second kappa shape index (κ2) is 5.97. The first-order valence-electron chi connectivity index (χ1n) is 6.92. The predicted molar refractivity (Wildman–Crippen MR) is 86.3 cm³/mol. The van der Waals surface area contributed by atoms with Crippen LogP contribution in [0, 0.1) is 19.8 Å². The Morgan fingerprint density at radius 1 is 1.33 bits per heavy atom. The third kappa shape index (κ3) is 3.00. The van der Waals surface area contributed by atoms with Crippen molar-refractivity contribution in [3.05, 3.63) is 16.3 Å². The van der Waals surface area contributed by atoms with Gasteiger partial charge in [-0.15, -0.1) is 11.3 Å². The fourth-order valence-corrected chi connectivity index (χ4v) is 3.56. The van der Waals surface area contributed by atoms with Crippen LogP contribution in [0.5, 0.6) is 0 Å². The number of carbonyl (C=O) groups is 1. The number of carbonyl (C=O) groups excluding carboxylic acids is 1. The standard InChI is InChI=1S/C15H21N3O2S/c1-8(2)7-18(5)13-11-9(3)12(15(19)20-6)21-14(11)17-10(4)16-13/h8H,7H2,1-6H3. The zero-order valence-electron chi connectivity index (χ0n) is 13.4. The molecule has 0 aliphatic rings. The van der Waals surface area contributed by atoms with Gasteiger partial charge in [-0.05, 0) is 25.3 Å². The summed E-state index contributed by atoms with van der Waals surface area (Å²) in [5.41, 5.74) is 0.896. The van der Waals surface area contributed by atoms with Gasteiger partial charge in [0.25, 0.3) is 0 Å². The van der Waals surface area contributed by atoms with Crippen molar-refractivity contribution in [2.75, 3.05) is 25.6 Å². The molecule has 5 nitrogen and oxygen atoms in total. The molecule has 0 aliphatic carbocycles. The smallest absolute Gasteiger partial charge is 0.348 e. The van der Waals surface area contributed by atoms with Gasteiger partial charge < -0.3 is 9.64 Å². The predicted octanol–water partition coefficient (Wildman–Crippen LogP) is 3.19. The zero-order chi connectivity index (χ0) is 15.7. The van der Waals surface area contributed by atoms with Crippen molar-refractivity contribution in [3.63, 3.8) is 0 Å². The quantitative estimate of drug-likeness (QED) is 0.812. The molecular weight excluding hydrogens is 286 g/mol. The molecule has 6 heteroatoms. The third-order valence-corrected chi connectivity index (χ3v) is 4.42. The van der Waals surface area contributed by atoms with E-state index in [2.05, 4.69) is 28.7 Å². The molecule has 0 fully saturated rings. The highest BCUT2D eigenvalue weighted by Gasteiger charge is 2.22. The molecule has 2 rings (SSSR count). The number of anilines is 1. The van der Waals surface area contributed by atoms with Gasteiger partial charge in [0.1, 0.15) is 21.3 Å². The van der Waals surface area contributed by atoms with Crippen LogP contribution < -0.4 is 4.90 Å². The number of fused-ring (bicyclic) bond motifs is 1. The van der Waals surface area contributed by atoms with Gasteiger partial charge in [0.15, 0.2) is 0 Å². The summed E-state index contributed by atoms with van der Waals surface area (Å²) in [6.07, 6.45) is 0. The van der Waals surface area contributed by atoms with Gasteiger partial charge in [-0.2, -0.15) is 0 Å². The summed E-state index contributed by atoms with van der Waals surface area (Å²) in [7, 11) is 3.42. The minimum atomic E-state index is -0.314. The Labute approximate surface area is 129 Å². The van der Waals surface area contributed by atoms with Crippen LogP contribution in [0.2, 0.25) is 0 Å². The number of aromatic nitrogens is 2. The normalized spacial score (nSPS) is 11.2. The van der Waals surface area contributed by atoms with Crippen molar-refractivity contribution in [2.45, 2.75) is 27.7 Å². The maximum absolute atomic E-state index is 11.9. The summed E-state index contributed by atoms with van der Waals surface area (Å²) in [5, 5.41) is 0.953. The molecule has 2 aromatic heterocycles. The Morgan fingerprint density at radius 2 is 2.00 bits per heavy atom. The van der Waals surface area contributed by atoms with Crippen LogP contribution in [-0.4, -0.2) is 36.6 Å². The number of ether oxygens (including phenoxy) is 1. The van der Waals surface area contributed by atoms with E-state index in [0.717, 1.165) is 28.1 Å². The number of hydrogen-bond donors (Lipinski definition) is 0. The van der Waals surface area contributed by atoms with Crippen molar-refractivity contribution in [1.29, 1.82) is 0 Å². The molecule has 0 aliphatic heterocycles. The van der Waals surface area contributed by atoms with E-state index in [-0.39, 0.29) is 5.97 Å². The number of rotatable bonds is 4. The lowest BCUT2D eigenvalue weighted by Crippen LogP contribution is -2.24. The second-order valence-electron chi connectivity index (χ2n) is 5.60. The summed E-state index contributed by atoms with van der Waals surface area (Å²) in [4.78, 5) is 24.5. The van der Waals surface area contributed by atoms with Crippen LogP contribution in [0.15, 0.2) is 0 Å². The molecule has 114 valence electrons.